The zero-order chi connectivity index (χ0) is 11.1. The standard InChI is InChI=1S/C14H10IN/c1-9-11-4-2-3-5-13(11)16-14-7-6-10(15)8-12(9)14/h2-8H,1H3. The second-order valence-corrected chi connectivity index (χ2v) is 5.16. The van der Waals surface area contributed by atoms with Crippen LogP contribution in [0.15, 0.2) is 42.5 Å². The van der Waals surface area contributed by atoms with Crippen molar-refractivity contribution in [3.8, 4) is 0 Å². The Kier molecular flexibility index (Phi) is 2.32. The van der Waals surface area contributed by atoms with E-state index in [0.717, 1.165) is 11.0 Å². The monoisotopic (exact) mass is 319 g/mol. The molecule has 1 heterocycles. The molecule has 2 aromatic carbocycles. The molecule has 3 aromatic rings. The van der Waals surface area contributed by atoms with Crippen LogP contribution in [0.2, 0.25) is 0 Å². The number of halogens is 1. The molecule has 1 aromatic heterocycles. The van der Waals surface area contributed by atoms with Crippen LogP contribution >= 0.6 is 22.6 Å². The van der Waals surface area contributed by atoms with Gasteiger partial charge in [0.15, 0.2) is 0 Å². The number of pyridine rings is 1. The summed E-state index contributed by atoms with van der Waals surface area (Å²) in [6.45, 7) is 2.17. The molecule has 78 valence electrons. The van der Waals surface area contributed by atoms with E-state index >= 15 is 0 Å². The van der Waals surface area contributed by atoms with Gasteiger partial charge in [-0.25, -0.2) is 4.98 Å². The van der Waals surface area contributed by atoms with Crippen LogP contribution in [0.25, 0.3) is 21.8 Å². The number of hydrogen-bond donors (Lipinski definition) is 0. The molecule has 16 heavy (non-hydrogen) atoms. The third-order valence-corrected chi connectivity index (χ3v) is 3.58. The van der Waals surface area contributed by atoms with Crippen LogP contribution in [0.5, 0.6) is 0 Å². The summed E-state index contributed by atoms with van der Waals surface area (Å²) in [5.74, 6) is 0. The lowest BCUT2D eigenvalue weighted by Crippen LogP contribution is -1.87. The number of para-hydroxylation sites is 1. The fraction of sp³-hybridized carbons (Fsp3) is 0.0714. The van der Waals surface area contributed by atoms with Gasteiger partial charge in [0.05, 0.1) is 11.0 Å². The smallest absolute Gasteiger partial charge is 0.0713 e. The lowest BCUT2D eigenvalue weighted by atomic mass is 10.0. The highest BCUT2D eigenvalue weighted by molar-refractivity contribution is 14.1. The van der Waals surface area contributed by atoms with Crippen molar-refractivity contribution in [2.45, 2.75) is 6.92 Å². The summed E-state index contributed by atoms with van der Waals surface area (Å²) in [4.78, 5) is 4.68. The van der Waals surface area contributed by atoms with Crippen molar-refractivity contribution in [1.82, 2.24) is 4.98 Å². The molecule has 0 fully saturated rings. The molecule has 0 unspecified atom stereocenters. The normalized spacial score (nSPS) is 11.1. The zero-order valence-electron chi connectivity index (χ0n) is 8.87. The molecule has 0 atom stereocenters. The van der Waals surface area contributed by atoms with E-state index in [-0.39, 0.29) is 0 Å². The molecule has 0 N–H and O–H groups in total. The van der Waals surface area contributed by atoms with E-state index in [1.807, 2.05) is 6.07 Å². The van der Waals surface area contributed by atoms with Gasteiger partial charge in [0.25, 0.3) is 0 Å². The molecule has 0 amide bonds. The number of benzene rings is 2. The zero-order valence-corrected chi connectivity index (χ0v) is 11.0. The van der Waals surface area contributed by atoms with Gasteiger partial charge < -0.3 is 0 Å². The van der Waals surface area contributed by atoms with E-state index in [0.29, 0.717) is 0 Å². The molecule has 2 heteroatoms. The average molecular weight is 319 g/mol. The van der Waals surface area contributed by atoms with E-state index in [4.69, 9.17) is 0 Å². The summed E-state index contributed by atoms with van der Waals surface area (Å²) in [6.07, 6.45) is 0. The summed E-state index contributed by atoms with van der Waals surface area (Å²) < 4.78 is 1.25. The Bertz CT molecular complexity index is 689. The fourth-order valence-corrected chi connectivity index (χ4v) is 2.56. The third kappa shape index (κ3) is 1.48. The highest BCUT2D eigenvalue weighted by atomic mass is 127. The first-order valence-electron chi connectivity index (χ1n) is 5.20. The van der Waals surface area contributed by atoms with Crippen molar-refractivity contribution >= 4 is 44.4 Å². The largest absolute Gasteiger partial charge is 0.248 e. The maximum Gasteiger partial charge on any atom is 0.0713 e. The van der Waals surface area contributed by atoms with Crippen molar-refractivity contribution in [3.05, 3.63) is 51.6 Å². The number of nitrogens with zero attached hydrogens (tertiary/aromatic N) is 1. The Labute approximate surface area is 108 Å². The van der Waals surface area contributed by atoms with E-state index in [1.165, 1.54) is 19.9 Å². The molecule has 0 aliphatic rings. The molecule has 1 nitrogen and oxygen atoms in total. The van der Waals surface area contributed by atoms with E-state index in [9.17, 15) is 0 Å². The summed E-state index contributed by atoms with van der Waals surface area (Å²) in [6, 6.07) is 14.7. The van der Waals surface area contributed by atoms with Gasteiger partial charge in [0, 0.05) is 14.3 Å². The van der Waals surface area contributed by atoms with Crippen molar-refractivity contribution in [2.24, 2.45) is 0 Å². The Morgan fingerprint density at radius 1 is 0.938 bits per heavy atom. The second-order valence-electron chi connectivity index (χ2n) is 3.92. The van der Waals surface area contributed by atoms with Crippen LogP contribution in [0, 0.1) is 10.5 Å². The summed E-state index contributed by atoms with van der Waals surface area (Å²) >= 11 is 2.34. The molecular formula is C14H10IN. The van der Waals surface area contributed by atoms with Crippen LogP contribution in [-0.2, 0) is 0 Å². The van der Waals surface area contributed by atoms with Gasteiger partial charge in [-0.2, -0.15) is 0 Å². The minimum Gasteiger partial charge on any atom is -0.248 e. The van der Waals surface area contributed by atoms with E-state index < -0.39 is 0 Å². The molecule has 0 saturated heterocycles. The van der Waals surface area contributed by atoms with Crippen molar-refractivity contribution in [2.75, 3.05) is 0 Å². The quantitative estimate of drug-likeness (QED) is 0.445. The first-order chi connectivity index (χ1) is 7.75. The minimum absolute atomic E-state index is 1.08. The van der Waals surface area contributed by atoms with Gasteiger partial charge in [0.2, 0.25) is 0 Å². The number of fused-ring (bicyclic) bond motifs is 2. The first kappa shape index (κ1) is 10.0. The lowest BCUT2D eigenvalue weighted by molar-refractivity contribution is 1.45. The summed E-state index contributed by atoms with van der Waals surface area (Å²) in [7, 11) is 0. The van der Waals surface area contributed by atoms with Crippen molar-refractivity contribution in [1.29, 1.82) is 0 Å². The average Bonchev–Trinajstić information content (AvgIpc) is 2.31. The third-order valence-electron chi connectivity index (χ3n) is 2.91. The molecule has 0 spiro atoms. The lowest BCUT2D eigenvalue weighted by Gasteiger charge is -2.06. The Morgan fingerprint density at radius 2 is 1.69 bits per heavy atom. The second kappa shape index (κ2) is 3.70. The molecule has 0 bridgehead atoms. The van der Waals surface area contributed by atoms with Gasteiger partial charge in [-0.15, -0.1) is 0 Å². The number of rotatable bonds is 0. The fourth-order valence-electron chi connectivity index (χ4n) is 2.07. The predicted octanol–water partition coefficient (Wildman–Crippen LogP) is 4.30. The molecule has 0 aliphatic heterocycles. The van der Waals surface area contributed by atoms with E-state index in [2.05, 4.69) is 70.9 Å². The number of aryl methyl sites for hydroxylation is 1. The maximum absolute atomic E-state index is 4.68. The summed E-state index contributed by atoms with van der Waals surface area (Å²) in [5, 5.41) is 2.50. The van der Waals surface area contributed by atoms with Crippen molar-refractivity contribution < 1.29 is 0 Å². The van der Waals surface area contributed by atoms with Crippen LogP contribution in [0.1, 0.15) is 5.56 Å². The highest BCUT2D eigenvalue weighted by Crippen LogP contribution is 2.26. The number of aromatic nitrogens is 1. The summed E-state index contributed by atoms with van der Waals surface area (Å²) in [5.41, 5.74) is 3.48. The minimum atomic E-state index is 1.08. The van der Waals surface area contributed by atoms with Gasteiger partial charge in [-0.3, -0.25) is 0 Å². The molecule has 0 saturated carbocycles. The number of hydrogen-bond acceptors (Lipinski definition) is 1. The van der Waals surface area contributed by atoms with Crippen LogP contribution in [-0.4, -0.2) is 4.98 Å². The topological polar surface area (TPSA) is 12.9 Å². The Balaban J connectivity index is 2.56. The molecule has 0 radical (unpaired) electrons. The van der Waals surface area contributed by atoms with Gasteiger partial charge >= 0.3 is 0 Å². The Morgan fingerprint density at radius 3 is 2.56 bits per heavy atom. The van der Waals surface area contributed by atoms with Crippen molar-refractivity contribution in [3.63, 3.8) is 0 Å². The van der Waals surface area contributed by atoms with Crippen LogP contribution in [0.3, 0.4) is 0 Å². The SMILES string of the molecule is Cc1c2ccccc2nc2ccc(I)cc12. The van der Waals surface area contributed by atoms with Gasteiger partial charge in [0.1, 0.15) is 0 Å². The maximum atomic E-state index is 4.68. The van der Waals surface area contributed by atoms with Gasteiger partial charge in [-0.1, -0.05) is 18.2 Å². The van der Waals surface area contributed by atoms with Crippen LogP contribution < -0.4 is 0 Å². The van der Waals surface area contributed by atoms with E-state index in [1.54, 1.807) is 0 Å². The molecular weight excluding hydrogens is 309 g/mol. The predicted molar refractivity (Wildman–Crippen MR) is 76.7 cm³/mol. The molecule has 0 aliphatic carbocycles. The van der Waals surface area contributed by atoms with Gasteiger partial charge in [-0.05, 0) is 59.3 Å². The highest BCUT2D eigenvalue weighted by Gasteiger charge is 2.04. The van der Waals surface area contributed by atoms with Crippen LogP contribution in [0.4, 0.5) is 0 Å². The Hall–Kier alpha value is -1.16. The molecule has 3 rings (SSSR count). The first-order valence-corrected chi connectivity index (χ1v) is 6.28.